The van der Waals surface area contributed by atoms with Gasteiger partial charge in [-0.05, 0) is 10.9 Å². The largest absolute Gasteiger partial charge is 0.326 e. The molecule has 1 unspecified atom stereocenters. The van der Waals surface area contributed by atoms with Crippen LogP contribution in [-0.4, -0.2) is 8.41 Å². The van der Waals surface area contributed by atoms with Gasteiger partial charge in [0.2, 0.25) is 0 Å². The first-order valence-electron chi connectivity index (χ1n) is 2.88. The summed E-state index contributed by atoms with van der Waals surface area (Å²) < 4.78 is 0. The fraction of sp³-hybridized carbons (Fsp3) is 0.143. The summed E-state index contributed by atoms with van der Waals surface area (Å²) in [7, 11) is 2.65. The van der Waals surface area contributed by atoms with Gasteiger partial charge in [-0.2, -0.15) is 0 Å². The zero-order chi connectivity index (χ0) is 6.69. The van der Waals surface area contributed by atoms with Crippen LogP contribution in [0.1, 0.15) is 5.56 Å². The van der Waals surface area contributed by atoms with Crippen LogP contribution in [0.5, 0.6) is 0 Å². The third-order valence-corrected chi connectivity index (χ3v) is 1.84. The molecule has 3 radical (unpaired) electrons. The summed E-state index contributed by atoms with van der Waals surface area (Å²) in [6.07, 6.45) is 0. The van der Waals surface area contributed by atoms with Crippen molar-refractivity contribution in [3.8, 4) is 0 Å². The first-order chi connectivity index (χ1) is 4.34. The second-order valence-electron chi connectivity index (χ2n) is 1.90. The van der Waals surface area contributed by atoms with Gasteiger partial charge in [-0.1, -0.05) is 24.3 Å². The van der Waals surface area contributed by atoms with Gasteiger partial charge in [0.15, 0.2) is 0 Å². The highest BCUT2D eigenvalue weighted by atomic mass is 31.0. The van der Waals surface area contributed by atoms with Crippen molar-refractivity contribution >= 4 is 23.0 Å². The molecule has 0 heterocycles. The Morgan fingerprint density at radius 3 is 2.30 bits per heavy atom. The number of hydrogen-bond donors (Lipinski definition) is 1. The highest BCUT2D eigenvalue weighted by molar-refractivity contribution is 7.27. The Kier molecular flexibility index (Phi) is 4.34. The molecule has 1 aromatic carbocycles. The Bertz CT molecular complexity index is 203. The molecule has 1 nitrogen and oxygen atoms in total. The van der Waals surface area contributed by atoms with E-state index in [9.17, 15) is 0 Å². The van der Waals surface area contributed by atoms with Gasteiger partial charge in [0.25, 0.3) is 0 Å². The third-order valence-electron chi connectivity index (χ3n) is 1.28. The summed E-state index contributed by atoms with van der Waals surface area (Å²) in [6, 6.07) is 8.06. The highest BCUT2D eigenvalue weighted by Gasteiger charge is 1.89. The Morgan fingerprint density at radius 2 is 1.90 bits per heavy atom. The van der Waals surface area contributed by atoms with E-state index in [1.54, 1.807) is 0 Å². The van der Waals surface area contributed by atoms with Crippen molar-refractivity contribution in [2.24, 2.45) is 5.73 Å². The fourth-order valence-corrected chi connectivity index (χ4v) is 1.05. The van der Waals surface area contributed by atoms with Crippen molar-refractivity contribution in [1.29, 1.82) is 0 Å². The zero-order valence-electron chi connectivity index (χ0n) is 5.75. The van der Waals surface area contributed by atoms with Crippen molar-refractivity contribution in [2.75, 3.05) is 0 Å². The molecule has 0 fully saturated rings. The predicted octanol–water partition coefficient (Wildman–Crippen LogP) is 0.265. The monoisotopic (exact) mass is 150 g/mol. The maximum absolute atomic E-state index is 5.44. The van der Waals surface area contributed by atoms with Gasteiger partial charge < -0.3 is 5.73 Å². The molecule has 1 aromatic rings. The van der Waals surface area contributed by atoms with Gasteiger partial charge in [0.05, 0.1) is 0 Å². The normalized spacial score (nSPS) is 8.60. The number of nitrogens with two attached hydrogens (primary N) is 1. The molecule has 0 aliphatic carbocycles. The van der Waals surface area contributed by atoms with Crippen LogP contribution in [0.4, 0.5) is 0 Å². The molecule has 0 aliphatic rings. The van der Waals surface area contributed by atoms with Crippen LogP contribution in [0.3, 0.4) is 0 Å². The van der Waals surface area contributed by atoms with Crippen molar-refractivity contribution < 1.29 is 0 Å². The van der Waals surface area contributed by atoms with Crippen LogP contribution in [0.2, 0.25) is 0 Å². The summed E-state index contributed by atoms with van der Waals surface area (Å²) in [5.74, 6) is 0. The van der Waals surface area contributed by atoms with E-state index in [1.165, 1.54) is 10.9 Å². The minimum Gasteiger partial charge on any atom is -0.326 e. The molecule has 2 N–H and O–H groups in total. The molecule has 0 bridgehead atoms. The Labute approximate surface area is 65.8 Å². The molecule has 0 aromatic heterocycles. The second-order valence-corrected chi connectivity index (χ2v) is 2.52. The van der Waals surface area contributed by atoms with Crippen LogP contribution < -0.4 is 11.0 Å². The summed E-state index contributed by atoms with van der Waals surface area (Å²) in [5, 5.41) is 1.19. The lowest BCUT2D eigenvalue weighted by molar-refractivity contribution is 1.08. The predicted molar refractivity (Wildman–Crippen MR) is 49.4 cm³/mol. The van der Waals surface area contributed by atoms with Crippen molar-refractivity contribution in [1.82, 2.24) is 0 Å². The van der Waals surface area contributed by atoms with Gasteiger partial charge >= 0.3 is 0 Å². The van der Waals surface area contributed by atoms with E-state index in [1.807, 2.05) is 24.3 Å². The average Bonchev–Trinajstić information content (AvgIpc) is 1.89. The van der Waals surface area contributed by atoms with Crippen molar-refractivity contribution in [3.05, 3.63) is 29.8 Å². The minimum absolute atomic E-state index is 0. The Morgan fingerprint density at radius 1 is 1.30 bits per heavy atom. The molecular weight excluding hydrogens is 140 g/mol. The first kappa shape index (κ1) is 9.67. The molecule has 0 spiro atoms. The lowest BCUT2D eigenvalue weighted by Gasteiger charge is -1.98. The van der Waals surface area contributed by atoms with Crippen LogP contribution >= 0.6 is 9.24 Å². The lowest BCUT2D eigenvalue weighted by atomic mass is 10.2. The van der Waals surface area contributed by atoms with Gasteiger partial charge in [-0.3, -0.25) is 0 Å². The van der Waals surface area contributed by atoms with Crippen LogP contribution in [0.25, 0.3) is 0 Å². The molecule has 1 atom stereocenters. The third kappa shape index (κ3) is 2.13. The van der Waals surface area contributed by atoms with Crippen molar-refractivity contribution in [2.45, 2.75) is 6.54 Å². The van der Waals surface area contributed by atoms with Gasteiger partial charge in [0, 0.05) is 15.0 Å². The summed E-state index contributed by atoms with van der Waals surface area (Å²) >= 11 is 0. The maximum atomic E-state index is 5.44. The molecule has 0 saturated carbocycles. The molecule has 10 heavy (non-hydrogen) atoms. The molecule has 0 amide bonds. The number of hydrogen-bond acceptors (Lipinski definition) is 1. The SMILES string of the molecule is NCc1ccccc1P.[B]. The second kappa shape index (κ2) is 4.48. The Balaban J connectivity index is 0.000000810. The first-order valence-corrected chi connectivity index (χ1v) is 3.46. The quantitative estimate of drug-likeness (QED) is 0.451. The van der Waals surface area contributed by atoms with Crippen LogP contribution in [-0.2, 0) is 6.54 Å². The topological polar surface area (TPSA) is 26.0 Å². The number of benzene rings is 1. The number of rotatable bonds is 1. The van der Waals surface area contributed by atoms with Gasteiger partial charge in [-0.15, -0.1) is 9.24 Å². The summed E-state index contributed by atoms with van der Waals surface area (Å²) in [4.78, 5) is 0. The fourth-order valence-electron chi connectivity index (χ4n) is 0.720. The van der Waals surface area contributed by atoms with E-state index >= 15 is 0 Å². The summed E-state index contributed by atoms with van der Waals surface area (Å²) in [6.45, 7) is 0.625. The highest BCUT2D eigenvalue weighted by Crippen LogP contribution is 1.97. The minimum atomic E-state index is 0. The van der Waals surface area contributed by atoms with E-state index in [-0.39, 0.29) is 8.41 Å². The lowest BCUT2D eigenvalue weighted by Crippen LogP contribution is -2.06. The van der Waals surface area contributed by atoms with Crippen molar-refractivity contribution in [3.63, 3.8) is 0 Å². The van der Waals surface area contributed by atoms with Crippen LogP contribution in [0.15, 0.2) is 24.3 Å². The molecule has 0 saturated heterocycles. The average molecular weight is 150 g/mol. The van der Waals surface area contributed by atoms with E-state index in [2.05, 4.69) is 9.24 Å². The molecule has 1 rings (SSSR count). The van der Waals surface area contributed by atoms with Gasteiger partial charge in [0.1, 0.15) is 0 Å². The van der Waals surface area contributed by atoms with E-state index in [0.717, 1.165) is 0 Å². The van der Waals surface area contributed by atoms with E-state index in [4.69, 9.17) is 5.73 Å². The summed E-state index contributed by atoms with van der Waals surface area (Å²) in [5.41, 5.74) is 6.63. The molecular formula is C7H10BNP. The molecule has 0 aliphatic heterocycles. The molecule has 51 valence electrons. The van der Waals surface area contributed by atoms with Gasteiger partial charge in [-0.25, -0.2) is 0 Å². The van der Waals surface area contributed by atoms with E-state index < -0.39 is 0 Å². The standard InChI is InChI=1S/C7H10NP.B/c8-5-6-3-1-2-4-7(6)9;/h1-4H,5,8-9H2;. The Hall–Kier alpha value is -0.325. The van der Waals surface area contributed by atoms with E-state index in [0.29, 0.717) is 6.54 Å². The smallest absolute Gasteiger partial charge is 0.0184 e. The zero-order valence-corrected chi connectivity index (χ0v) is 6.90. The maximum Gasteiger partial charge on any atom is 0.0184 e. The van der Waals surface area contributed by atoms with Crippen LogP contribution in [0, 0.1) is 0 Å². The molecule has 3 heteroatoms.